The van der Waals surface area contributed by atoms with Gasteiger partial charge in [-0.15, -0.1) is 0 Å². The van der Waals surface area contributed by atoms with E-state index in [1.165, 1.54) is 12.1 Å². The van der Waals surface area contributed by atoms with Crippen LogP contribution in [0.3, 0.4) is 0 Å². The lowest BCUT2D eigenvalue weighted by molar-refractivity contribution is -0.129. The van der Waals surface area contributed by atoms with Crippen molar-refractivity contribution in [2.75, 3.05) is 19.0 Å². The zero-order valence-corrected chi connectivity index (χ0v) is 31.1. The molecule has 0 spiro atoms. The number of nitrogens with zero attached hydrogens (tertiary/aromatic N) is 1. The van der Waals surface area contributed by atoms with E-state index in [0.29, 0.717) is 34.9 Å². The Bertz CT molecular complexity index is 2140. The summed E-state index contributed by atoms with van der Waals surface area (Å²) in [6, 6.07) is 37.7. The summed E-state index contributed by atoms with van der Waals surface area (Å²) in [4.78, 5) is 21.9. The zero-order chi connectivity index (χ0) is 36.6. The fourth-order valence-electron chi connectivity index (χ4n) is 5.79. The molecule has 0 aromatic heterocycles. The second-order valence-corrected chi connectivity index (χ2v) is 16.1. The lowest BCUT2D eigenvalue weighted by Gasteiger charge is -2.31. The van der Waals surface area contributed by atoms with Crippen molar-refractivity contribution in [1.82, 2.24) is 5.32 Å². The maximum Gasteiger partial charge on any atom is 0.252 e. The number of hydrogen-bond acceptors (Lipinski definition) is 8. The first-order chi connectivity index (χ1) is 25.2. The molecule has 2 N–H and O–H groups in total. The van der Waals surface area contributed by atoms with E-state index in [0.717, 1.165) is 15.4 Å². The molecule has 0 unspecified atom stereocenters. The van der Waals surface area contributed by atoms with Gasteiger partial charge in [0, 0.05) is 57.0 Å². The van der Waals surface area contributed by atoms with Gasteiger partial charge in [0.25, 0.3) is 5.91 Å². The molecule has 52 heavy (non-hydrogen) atoms. The van der Waals surface area contributed by atoms with E-state index in [2.05, 4.69) is 5.32 Å². The van der Waals surface area contributed by atoms with Crippen LogP contribution in [0.5, 0.6) is 5.75 Å². The Labute approximate surface area is 317 Å². The molecular weight excluding hydrogens is 739 g/mol. The topological polar surface area (TPSA) is 114 Å². The summed E-state index contributed by atoms with van der Waals surface area (Å²) in [7, 11) is -3.85. The van der Waals surface area contributed by atoms with Crippen LogP contribution in [0.25, 0.3) is 0 Å². The Morgan fingerprint density at radius 2 is 1.60 bits per heavy atom. The molecule has 1 amide bonds. The number of benzene rings is 5. The number of aliphatic hydroxyl groups excluding tert-OH is 1. The van der Waals surface area contributed by atoms with Crippen LogP contribution >= 0.6 is 35.0 Å². The summed E-state index contributed by atoms with van der Waals surface area (Å²) in [6.45, 7) is 0.503. The monoisotopic (exact) mass is 774 g/mol. The van der Waals surface area contributed by atoms with Crippen molar-refractivity contribution < 1.29 is 27.8 Å². The summed E-state index contributed by atoms with van der Waals surface area (Å²) in [5.74, 6) is -0.196. The van der Waals surface area contributed by atoms with Crippen molar-refractivity contribution in [1.29, 1.82) is 0 Å². The minimum atomic E-state index is -3.85. The molecule has 0 aliphatic carbocycles. The number of halogens is 2. The predicted molar refractivity (Wildman–Crippen MR) is 205 cm³/mol. The van der Waals surface area contributed by atoms with Crippen LogP contribution in [-0.2, 0) is 25.9 Å². The largest absolute Gasteiger partial charge is 0.494 e. The normalized spacial score (nSPS) is 16.9. The van der Waals surface area contributed by atoms with Gasteiger partial charge in [-0.3, -0.25) is 4.79 Å². The highest BCUT2D eigenvalue weighted by Crippen LogP contribution is 2.46. The van der Waals surface area contributed by atoms with Gasteiger partial charge in [0.05, 0.1) is 17.3 Å². The third kappa shape index (κ3) is 8.82. The molecule has 1 aliphatic heterocycles. The summed E-state index contributed by atoms with van der Waals surface area (Å²) < 4.78 is 39.7. The van der Waals surface area contributed by atoms with Crippen LogP contribution in [0, 0.1) is 0 Å². The third-order valence-electron chi connectivity index (χ3n) is 8.51. The molecule has 0 saturated heterocycles. The number of aliphatic hydroxyl groups is 1. The second-order valence-electron chi connectivity index (χ2n) is 12.0. The van der Waals surface area contributed by atoms with Crippen LogP contribution in [0.1, 0.15) is 35.6 Å². The van der Waals surface area contributed by atoms with E-state index < -0.39 is 33.1 Å². The van der Waals surface area contributed by atoms with Crippen molar-refractivity contribution in [2.45, 2.75) is 45.7 Å². The lowest BCUT2D eigenvalue weighted by atomic mass is 9.85. The number of aliphatic imine (C=N–C) groups is 1. The molecule has 0 fully saturated rings. The van der Waals surface area contributed by atoms with E-state index >= 15 is 0 Å². The standard InChI is InChI=1S/C40H36Cl2N2O6S2/c41-30-18-21-34(35(42)26-30)37-40(22-25-52(47,48)33-13-5-2-6-14-33,44-38(50-37)28-16-19-31(20-17-28)49-24-9-23-45)39(46)43-27-29-10-7-8-15-36(29)51-32-11-3-1-4-12-32/h1-8,10-21,26,37,45H,9,22-25,27H2,(H,43,46)/t37-,40-/m1/s1. The third-order valence-corrected chi connectivity index (χ3v) is 11.9. The average molecular weight is 776 g/mol. The Morgan fingerprint density at radius 3 is 2.31 bits per heavy atom. The van der Waals surface area contributed by atoms with Gasteiger partial charge in [-0.25, -0.2) is 13.4 Å². The van der Waals surface area contributed by atoms with Crippen LogP contribution in [0.2, 0.25) is 10.0 Å². The van der Waals surface area contributed by atoms with Crippen molar-refractivity contribution in [3.63, 3.8) is 0 Å². The molecule has 6 rings (SSSR count). The Hall–Kier alpha value is -4.32. The average Bonchev–Trinajstić information content (AvgIpc) is 3.55. The molecule has 12 heteroatoms. The van der Waals surface area contributed by atoms with Crippen LogP contribution in [-0.4, -0.2) is 49.8 Å². The molecule has 268 valence electrons. The van der Waals surface area contributed by atoms with Gasteiger partial charge < -0.3 is 19.9 Å². The van der Waals surface area contributed by atoms with E-state index in [4.69, 9.17) is 42.8 Å². The molecule has 1 heterocycles. The number of rotatable bonds is 15. The lowest BCUT2D eigenvalue weighted by Crippen LogP contribution is -2.49. The van der Waals surface area contributed by atoms with Gasteiger partial charge in [-0.05, 0) is 72.3 Å². The Balaban J connectivity index is 1.39. The molecule has 2 atom stereocenters. The maximum atomic E-state index is 14.8. The Kier molecular flexibility index (Phi) is 12.2. The van der Waals surface area contributed by atoms with Gasteiger partial charge >= 0.3 is 0 Å². The van der Waals surface area contributed by atoms with E-state index in [-0.39, 0.29) is 35.4 Å². The van der Waals surface area contributed by atoms with Gasteiger partial charge in [0.15, 0.2) is 21.5 Å². The molecular formula is C40H36Cl2N2O6S2. The zero-order valence-electron chi connectivity index (χ0n) is 28.0. The summed E-state index contributed by atoms with van der Waals surface area (Å²) >= 11 is 14.6. The van der Waals surface area contributed by atoms with Crippen molar-refractivity contribution in [3.8, 4) is 5.75 Å². The summed E-state index contributed by atoms with van der Waals surface area (Å²) in [5.41, 5.74) is 0.0977. The van der Waals surface area contributed by atoms with Gasteiger partial charge in [0.1, 0.15) is 5.75 Å². The van der Waals surface area contributed by atoms with E-state index in [1.807, 2.05) is 54.6 Å². The molecule has 5 aromatic carbocycles. The molecule has 0 bridgehead atoms. The molecule has 0 saturated carbocycles. The molecule has 5 aromatic rings. The van der Waals surface area contributed by atoms with Crippen molar-refractivity contribution in [3.05, 3.63) is 154 Å². The number of carbonyl (C=O) groups is 1. The smallest absolute Gasteiger partial charge is 0.252 e. The number of sulfone groups is 1. The highest BCUT2D eigenvalue weighted by atomic mass is 35.5. The number of nitrogens with one attached hydrogen (secondary N) is 1. The van der Waals surface area contributed by atoms with Gasteiger partial charge in [-0.1, -0.05) is 95.6 Å². The van der Waals surface area contributed by atoms with Crippen LogP contribution in [0.4, 0.5) is 0 Å². The fourth-order valence-corrected chi connectivity index (χ4v) is 8.65. The number of amides is 1. The predicted octanol–water partition coefficient (Wildman–Crippen LogP) is 8.34. The molecule has 8 nitrogen and oxygen atoms in total. The summed E-state index contributed by atoms with van der Waals surface area (Å²) in [5, 5.41) is 12.8. The first kappa shape index (κ1) is 37.4. The minimum absolute atomic E-state index is 0.0129. The van der Waals surface area contributed by atoms with Crippen molar-refractivity contribution in [2.24, 2.45) is 4.99 Å². The molecule has 0 radical (unpaired) electrons. The number of carbonyl (C=O) groups excluding carboxylic acids is 1. The molecule has 1 aliphatic rings. The quantitative estimate of drug-likeness (QED) is 0.103. The number of hydrogen-bond donors (Lipinski definition) is 2. The van der Waals surface area contributed by atoms with E-state index in [1.54, 1.807) is 72.4 Å². The fraction of sp³-hybridized carbons (Fsp3) is 0.200. The minimum Gasteiger partial charge on any atom is -0.494 e. The maximum absolute atomic E-state index is 14.8. The van der Waals surface area contributed by atoms with Crippen molar-refractivity contribution >= 4 is 56.6 Å². The number of ether oxygens (including phenoxy) is 2. The highest BCUT2D eigenvalue weighted by Gasteiger charge is 2.54. The van der Waals surface area contributed by atoms with Gasteiger partial charge in [-0.2, -0.15) is 0 Å². The van der Waals surface area contributed by atoms with Crippen LogP contribution in [0.15, 0.2) is 147 Å². The first-order valence-corrected chi connectivity index (χ1v) is 19.8. The second kappa shape index (κ2) is 17.0. The van der Waals surface area contributed by atoms with Crippen LogP contribution < -0.4 is 10.1 Å². The first-order valence-electron chi connectivity index (χ1n) is 16.6. The summed E-state index contributed by atoms with van der Waals surface area (Å²) in [6.07, 6.45) is -0.834. The SMILES string of the molecule is O=C(NCc1ccccc1Sc1ccccc1)[C@]1(CCS(=O)(=O)c2ccccc2)N=C(c2ccc(OCCCO)cc2)O[C@@H]1c1ccc(Cl)cc1Cl. The van der Waals surface area contributed by atoms with Gasteiger partial charge in [0.2, 0.25) is 5.90 Å². The Morgan fingerprint density at radius 1 is 0.904 bits per heavy atom. The van der Waals surface area contributed by atoms with E-state index in [9.17, 15) is 13.2 Å². The highest BCUT2D eigenvalue weighted by molar-refractivity contribution is 7.99.